The van der Waals surface area contributed by atoms with Crippen molar-refractivity contribution in [1.29, 1.82) is 0 Å². The van der Waals surface area contributed by atoms with E-state index in [2.05, 4.69) is 15.9 Å². The Labute approximate surface area is 94.4 Å². The van der Waals surface area contributed by atoms with Crippen molar-refractivity contribution in [2.24, 2.45) is 0 Å². The third-order valence-corrected chi connectivity index (χ3v) is 3.15. The number of hydrogen-bond donors (Lipinski definition) is 2. The van der Waals surface area contributed by atoms with E-state index in [4.69, 9.17) is 16.2 Å². The summed E-state index contributed by atoms with van der Waals surface area (Å²) in [6, 6.07) is 4.24. The molecule has 2 N–H and O–H groups in total. The molecule has 14 heavy (non-hydrogen) atoms. The van der Waals surface area contributed by atoms with Crippen LogP contribution in [0.25, 0.3) is 0 Å². The van der Waals surface area contributed by atoms with Crippen molar-refractivity contribution in [2.75, 3.05) is 0 Å². The number of rotatable bonds is 2. The van der Waals surface area contributed by atoms with E-state index < -0.39 is 15.6 Å². The van der Waals surface area contributed by atoms with Gasteiger partial charge in [-0.2, -0.15) is 8.42 Å². The number of hydrogen-bond acceptors (Lipinski definition) is 3. The summed E-state index contributed by atoms with van der Waals surface area (Å²) in [5.41, 5.74) is -2.07. The average molecular weight is 302 g/mol. The highest BCUT2D eigenvalue weighted by atomic mass is 79.9. The zero-order valence-electron chi connectivity index (χ0n) is 6.68. The maximum atomic E-state index is 10.6. The van der Waals surface area contributed by atoms with Gasteiger partial charge in [0.05, 0.1) is 0 Å². The summed E-state index contributed by atoms with van der Waals surface area (Å²) < 4.78 is 30.4. The van der Waals surface area contributed by atoms with Crippen molar-refractivity contribution < 1.29 is 18.1 Å². The molecule has 0 radical (unpaired) electrons. The van der Waals surface area contributed by atoms with Gasteiger partial charge in [0.2, 0.25) is 5.44 Å². The molecule has 7 heteroatoms. The van der Waals surface area contributed by atoms with E-state index in [9.17, 15) is 13.5 Å². The molecule has 0 heterocycles. The van der Waals surface area contributed by atoms with Gasteiger partial charge in [0.1, 0.15) is 0 Å². The molecule has 0 spiro atoms. The number of benzene rings is 1. The molecule has 0 bridgehead atoms. The van der Waals surface area contributed by atoms with Crippen molar-refractivity contribution in [3.63, 3.8) is 0 Å². The van der Waals surface area contributed by atoms with Crippen LogP contribution in [0.1, 0.15) is 11.0 Å². The molecule has 1 unspecified atom stereocenters. The predicted octanol–water partition coefficient (Wildman–Crippen LogP) is 1.98. The van der Waals surface area contributed by atoms with Gasteiger partial charge in [-0.3, -0.25) is 4.55 Å². The van der Waals surface area contributed by atoms with Gasteiger partial charge in [-0.05, 0) is 12.1 Å². The van der Waals surface area contributed by atoms with Crippen LogP contribution in [0.5, 0.6) is 0 Å². The maximum absolute atomic E-state index is 10.6. The quantitative estimate of drug-likeness (QED) is 0.819. The van der Waals surface area contributed by atoms with Crippen LogP contribution in [-0.2, 0) is 10.1 Å². The first-order chi connectivity index (χ1) is 6.32. The average Bonchev–Trinajstić information content (AvgIpc) is 2.01. The van der Waals surface area contributed by atoms with E-state index in [1.54, 1.807) is 0 Å². The van der Waals surface area contributed by atoms with Crippen LogP contribution in [0.4, 0.5) is 0 Å². The molecule has 0 aliphatic rings. The van der Waals surface area contributed by atoms with Crippen molar-refractivity contribution >= 4 is 37.6 Å². The predicted molar refractivity (Wildman–Crippen MR) is 55.7 cm³/mol. The Morgan fingerprint density at radius 2 is 2.00 bits per heavy atom. The standard InChI is InChI=1S/C7H6BrClO4S/c8-4-1-2-5(6(9)3-4)7(10)14(11,12)13/h1-3,7,10H,(H,11,12,13). The molecule has 1 rings (SSSR count). The summed E-state index contributed by atoms with van der Waals surface area (Å²) in [6.07, 6.45) is 0. The van der Waals surface area contributed by atoms with E-state index in [0.29, 0.717) is 4.47 Å². The first-order valence-corrected chi connectivity index (χ1v) is 6.09. The maximum Gasteiger partial charge on any atom is 0.296 e. The second-order valence-electron chi connectivity index (χ2n) is 2.53. The molecule has 4 nitrogen and oxygen atoms in total. The Morgan fingerprint density at radius 1 is 1.43 bits per heavy atom. The van der Waals surface area contributed by atoms with Crippen LogP contribution in [-0.4, -0.2) is 18.1 Å². The lowest BCUT2D eigenvalue weighted by Crippen LogP contribution is -2.11. The molecular formula is C7H6BrClO4S. The van der Waals surface area contributed by atoms with Crippen LogP contribution in [0.15, 0.2) is 22.7 Å². The largest absolute Gasteiger partial charge is 0.371 e. The fourth-order valence-corrected chi connectivity index (χ4v) is 2.23. The van der Waals surface area contributed by atoms with Crippen molar-refractivity contribution in [2.45, 2.75) is 5.44 Å². The molecule has 0 aliphatic carbocycles. The monoisotopic (exact) mass is 300 g/mol. The minimum absolute atomic E-state index is 0.0580. The molecule has 0 saturated heterocycles. The van der Waals surface area contributed by atoms with Gasteiger partial charge in [-0.1, -0.05) is 33.6 Å². The smallest absolute Gasteiger partial charge is 0.296 e. The minimum atomic E-state index is -4.54. The molecule has 0 aromatic heterocycles. The number of halogens is 2. The lowest BCUT2D eigenvalue weighted by molar-refractivity contribution is 0.238. The van der Waals surface area contributed by atoms with Gasteiger partial charge in [0.25, 0.3) is 10.1 Å². The molecule has 1 aromatic rings. The summed E-state index contributed by atoms with van der Waals surface area (Å²) in [7, 11) is -4.54. The topological polar surface area (TPSA) is 74.6 Å². The molecule has 1 atom stereocenters. The van der Waals surface area contributed by atoms with Gasteiger partial charge in [0.15, 0.2) is 0 Å². The Hall–Kier alpha value is -0.140. The highest BCUT2D eigenvalue weighted by molar-refractivity contribution is 9.10. The van der Waals surface area contributed by atoms with Gasteiger partial charge >= 0.3 is 0 Å². The van der Waals surface area contributed by atoms with Crippen LogP contribution < -0.4 is 0 Å². The summed E-state index contributed by atoms with van der Waals surface area (Å²) in [6.45, 7) is 0. The van der Waals surface area contributed by atoms with Crippen LogP contribution >= 0.6 is 27.5 Å². The summed E-state index contributed by atoms with van der Waals surface area (Å²) in [4.78, 5) is 0. The van der Waals surface area contributed by atoms with E-state index in [-0.39, 0.29) is 10.6 Å². The molecular weight excluding hydrogens is 295 g/mol. The summed E-state index contributed by atoms with van der Waals surface area (Å²) in [5, 5.41) is 9.25. The summed E-state index contributed by atoms with van der Waals surface area (Å²) in [5.74, 6) is 0. The Morgan fingerprint density at radius 3 is 2.43 bits per heavy atom. The lowest BCUT2D eigenvalue weighted by Gasteiger charge is -2.09. The fraction of sp³-hybridized carbons (Fsp3) is 0.143. The lowest BCUT2D eigenvalue weighted by atomic mass is 10.2. The third-order valence-electron chi connectivity index (χ3n) is 1.51. The van der Waals surface area contributed by atoms with Gasteiger partial charge in [-0.15, -0.1) is 0 Å². The van der Waals surface area contributed by atoms with Gasteiger partial charge in [-0.25, -0.2) is 0 Å². The fourth-order valence-electron chi connectivity index (χ4n) is 0.862. The third kappa shape index (κ3) is 2.68. The Bertz CT molecular complexity index is 445. The van der Waals surface area contributed by atoms with Crippen molar-refractivity contribution in [3.8, 4) is 0 Å². The zero-order chi connectivity index (χ0) is 10.9. The Balaban J connectivity index is 3.21. The van der Waals surface area contributed by atoms with Crippen LogP contribution in [0.2, 0.25) is 5.02 Å². The normalized spacial score (nSPS) is 14.0. The first-order valence-electron chi connectivity index (χ1n) is 3.41. The van der Waals surface area contributed by atoms with Crippen molar-refractivity contribution in [1.82, 2.24) is 0 Å². The molecule has 0 amide bonds. The van der Waals surface area contributed by atoms with E-state index in [1.165, 1.54) is 18.2 Å². The van der Waals surface area contributed by atoms with E-state index >= 15 is 0 Å². The highest BCUT2D eigenvalue weighted by Gasteiger charge is 2.24. The SMILES string of the molecule is O=S(=O)(O)C(O)c1ccc(Br)cc1Cl. The molecule has 0 saturated carbocycles. The van der Waals surface area contributed by atoms with E-state index in [0.717, 1.165) is 0 Å². The Kier molecular flexibility index (Phi) is 3.54. The second kappa shape index (κ2) is 4.16. The molecule has 0 fully saturated rings. The molecule has 78 valence electrons. The van der Waals surface area contributed by atoms with Crippen molar-refractivity contribution in [3.05, 3.63) is 33.3 Å². The zero-order valence-corrected chi connectivity index (χ0v) is 9.84. The minimum Gasteiger partial charge on any atom is -0.371 e. The molecule has 0 aliphatic heterocycles. The molecule has 1 aromatic carbocycles. The van der Waals surface area contributed by atoms with Gasteiger partial charge < -0.3 is 5.11 Å². The van der Waals surface area contributed by atoms with Gasteiger partial charge in [0, 0.05) is 15.1 Å². The highest BCUT2D eigenvalue weighted by Crippen LogP contribution is 2.28. The second-order valence-corrected chi connectivity index (χ2v) is 5.33. The summed E-state index contributed by atoms with van der Waals surface area (Å²) >= 11 is 8.78. The number of aliphatic hydroxyl groups is 1. The van der Waals surface area contributed by atoms with E-state index in [1.807, 2.05) is 0 Å². The van der Waals surface area contributed by atoms with Crippen LogP contribution in [0, 0.1) is 0 Å². The van der Waals surface area contributed by atoms with Crippen LogP contribution in [0.3, 0.4) is 0 Å². The first kappa shape index (κ1) is 11.9. The number of aliphatic hydroxyl groups excluding tert-OH is 1.